The second-order valence-corrected chi connectivity index (χ2v) is 9.97. The summed E-state index contributed by atoms with van der Waals surface area (Å²) in [6, 6.07) is 2.86. The van der Waals surface area contributed by atoms with Crippen LogP contribution in [-0.2, 0) is 13.6 Å². The van der Waals surface area contributed by atoms with E-state index in [1.54, 1.807) is 7.11 Å². The zero-order valence-electron chi connectivity index (χ0n) is 14.1. The van der Waals surface area contributed by atoms with Crippen molar-refractivity contribution in [1.29, 1.82) is 0 Å². The summed E-state index contributed by atoms with van der Waals surface area (Å²) in [6.07, 6.45) is 7.87. The molecule has 2 fully saturated rings. The minimum atomic E-state index is -1.97. The molecule has 1 heterocycles. The second-order valence-electron chi connectivity index (χ2n) is 6.51. The van der Waals surface area contributed by atoms with Gasteiger partial charge >= 0.3 is 8.56 Å². The summed E-state index contributed by atoms with van der Waals surface area (Å²) in [7, 11) is 1.71. The summed E-state index contributed by atoms with van der Waals surface area (Å²) in [5, 5.41) is 0. The maximum atomic E-state index is 6.72. The molecule has 0 aromatic carbocycles. The molecule has 0 amide bonds. The van der Waals surface area contributed by atoms with E-state index in [0.717, 1.165) is 25.2 Å². The van der Waals surface area contributed by atoms with Gasteiger partial charge in [-0.05, 0) is 37.9 Å². The van der Waals surface area contributed by atoms with E-state index in [0.29, 0.717) is 12.1 Å². The lowest BCUT2D eigenvalue weighted by Crippen LogP contribution is -2.56. The van der Waals surface area contributed by atoms with Crippen molar-refractivity contribution in [2.75, 3.05) is 33.9 Å². The number of nitrogens with zero attached hydrogens (tertiary/aromatic N) is 1. The van der Waals surface area contributed by atoms with Gasteiger partial charge in [0.15, 0.2) is 0 Å². The third kappa shape index (κ3) is 4.52. The first-order valence-corrected chi connectivity index (χ1v) is 10.9. The maximum absolute atomic E-state index is 6.72. The Balaban J connectivity index is 2.09. The first kappa shape index (κ1) is 17.4. The van der Waals surface area contributed by atoms with E-state index in [2.05, 4.69) is 11.8 Å². The average molecular weight is 316 g/mol. The fourth-order valence-corrected chi connectivity index (χ4v) is 7.26. The van der Waals surface area contributed by atoms with Crippen molar-refractivity contribution in [3.63, 3.8) is 0 Å². The molecule has 2 rings (SSSR count). The predicted octanol–water partition coefficient (Wildman–Crippen LogP) is 3.16. The van der Waals surface area contributed by atoms with Gasteiger partial charge in [-0.2, -0.15) is 0 Å². The summed E-state index contributed by atoms with van der Waals surface area (Å²) in [4.78, 5) is 2.62. The van der Waals surface area contributed by atoms with Crippen molar-refractivity contribution < 1.29 is 13.6 Å². The van der Waals surface area contributed by atoms with E-state index in [1.165, 1.54) is 45.1 Å². The second kappa shape index (κ2) is 8.63. The molecular formula is C16H33NO3Si. The number of ether oxygens (including phenoxy) is 1. The summed E-state index contributed by atoms with van der Waals surface area (Å²) in [5.74, 6) is 0. The van der Waals surface area contributed by atoms with Gasteiger partial charge in [-0.15, -0.1) is 0 Å². The molecule has 0 spiro atoms. The van der Waals surface area contributed by atoms with Crippen LogP contribution in [0.25, 0.3) is 0 Å². The highest BCUT2D eigenvalue weighted by molar-refractivity contribution is 6.67. The van der Waals surface area contributed by atoms with Crippen molar-refractivity contribution in [2.45, 2.75) is 69.7 Å². The topological polar surface area (TPSA) is 30.9 Å². The van der Waals surface area contributed by atoms with Gasteiger partial charge in [0.1, 0.15) is 0 Å². The number of rotatable bonds is 6. The molecule has 1 aliphatic carbocycles. The largest absolute Gasteiger partial charge is 0.398 e. The van der Waals surface area contributed by atoms with E-state index in [4.69, 9.17) is 13.6 Å². The Morgan fingerprint density at radius 2 is 2.00 bits per heavy atom. The fourth-order valence-electron chi connectivity index (χ4n) is 3.99. The third-order valence-electron chi connectivity index (χ3n) is 5.09. The van der Waals surface area contributed by atoms with Crippen LogP contribution in [0.15, 0.2) is 0 Å². The highest BCUT2D eigenvalue weighted by Crippen LogP contribution is 2.34. The number of methoxy groups -OCH3 is 1. The van der Waals surface area contributed by atoms with Gasteiger partial charge in [0, 0.05) is 26.8 Å². The maximum Gasteiger partial charge on any atom is 0.338 e. The van der Waals surface area contributed by atoms with Crippen molar-refractivity contribution in [3.8, 4) is 0 Å². The molecule has 124 valence electrons. The lowest BCUT2D eigenvalue weighted by molar-refractivity contribution is -0.00594. The first-order valence-electron chi connectivity index (χ1n) is 8.70. The summed E-state index contributed by atoms with van der Waals surface area (Å²) in [6.45, 7) is 5.29. The quantitative estimate of drug-likeness (QED) is 0.705. The molecule has 1 aliphatic heterocycles. The van der Waals surface area contributed by atoms with E-state index in [-0.39, 0.29) is 0 Å². The van der Waals surface area contributed by atoms with Crippen molar-refractivity contribution in [1.82, 2.24) is 4.90 Å². The van der Waals surface area contributed by atoms with Crippen LogP contribution in [0, 0.1) is 0 Å². The summed E-state index contributed by atoms with van der Waals surface area (Å²) in [5.41, 5.74) is 0. The average Bonchev–Trinajstić information content (AvgIpc) is 2.49. The Bertz CT molecular complexity index is 305. The van der Waals surface area contributed by atoms with Crippen LogP contribution in [0.2, 0.25) is 12.1 Å². The Hall–Kier alpha value is 0.0569. The molecule has 21 heavy (non-hydrogen) atoms. The van der Waals surface area contributed by atoms with Crippen LogP contribution in [0.4, 0.5) is 0 Å². The van der Waals surface area contributed by atoms with Gasteiger partial charge < -0.3 is 13.6 Å². The number of hydrogen-bond donors (Lipinski definition) is 0. The van der Waals surface area contributed by atoms with Gasteiger partial charge in [-0.3, -0.25) is 4.90 Å². The van der Waals surface area contributed by atoms with E-state index in [9.17, 15) is 0 Å². The normalized spacial score (nSPS) is 35.0. The molecular weight excluding hydrogens is 282 g/mol. The minimum absolute atomic E-state index is 0.383. The smallest absolute Gasteiger partial charge is 0.338 e. The Morgan fingerprint density at radius 3 is 2.71 bits per heavy atom. The standard InChI is InChI=1S/C16H33NO3Si/c1-4-13-21(19-3)14-7-10-17(11-12-18-2)15-8-5-6-9-16(15)20-21/h15-16H,4-14H2,1-3H3. The summed E-state index contributed by atoms with van der Waals surface area (Å²) >= 11 is 0. The third-order valence-corrected chi connectivity index (χ3v) is 8.94. The SMILES string of the molecule is CCC[Si]1(OC)CCCN(CCOC)C2CCCCC2O1. The van der Waals surface area contributed by atoms with Gasteiger partial charge in [0.2, 0.25) is 0 Å². The van der Waals surface area contributed by atoms with Crippen molar-refractivity contribution >= 4 is 8.56 Å². The Kier molecular flexibility index (Phi) is 7.15. The Morgan fingerprint density at radius 1 is 1.19 bits per heavy atom. The zero-order valence-corrected chi connectivity index (χ0v) is 15.1. The van der Waals surface area contributed by atoms with E-state index < -0.39 is 8.56 Å². The molecule has 4 nitrogen and oxygen atoms in total. The predicted molar refractivity (Wildman–Crippen MR) is 87.9 cm³/mol. The number of hydrogen-bond acceptors (Lipinski definition) is 4. The number of fused-ring (bicyclic) bond motifs is 1. The van der Waals surface area contributed by atoms with Crippen LogP contribution < -0.4 is 0 Å². The van der Waals surface area contributed by atoms with Gasteiger partial charge in [-0.1, -0.05) is 26.2 Å². The monoisotopic (exact) mass is 315 g/mol. The van der Waals surface area contributed by atoms with E-state index >= 15 is 0 Å². The molecule has 0 radical (unpaired) electrons. The first-order chi connectivity index (χ1) is 10.2. The minimum Gasteiger partial charge on any atom is -0.398 e. The molecule has 0 aromatic rings. The molecule has 0 N–H and O–H groups in total. The van der Waals surface area contributed by atoms with Crippen LogP contribution in [0.3, 0.4) is 0 Å². The molecule has 3 unspecified atom stereocenters. The van der Waals surface area contributed by atoms with Gasteiger partial charge in [0.05, 0.1) is 12.7 Å². The van der Waals surface area contributed by atoms with Crippen LogP contribution >= 0.6 is 0 Å². The van der Waals surface area contributed by atoms with E-state index in [1.807, 2.05) is 7.11 Å². The highest BCUT2D eigenvalue weighted by Gasteiger charge is 2.43. The van der Waals surface area contributed by atoms with Crippen molar-refractivity contribution in [3.05, 3.63) is 0 Å². The zero-order chi connectivity index (χ0) is 15.1. The lowest BCUT2D eigenvalue weighted by Gasteiger charge is -2.46. The van der Waals surface area contributed by atoms with Crippen LogP contribution in [0.5, 0.6) is 0 Å². The molecule has 0 bridgehead atoms. The fraction of sp³-hybridized carbons (Fsp3) is 1.00. The molecule has 3 atom stereocenters. The molecule has 0 aromatic heterocycles. The lowest BCUT2D eigenvalue weighted by atomic mass is 9.91. The van der Waals surface area contributed by atoms with Crippen molar-refractivity contribution in [2.24, 2.45) is 0 Å². The highest BCUT2D eigenvalue weighted by atomic mass is 28.4. The van der Waals surface area contributed by atoms with Gasteiger partial charge in [-0.25, -0.2) is 0 Å². The van der Waals surface area contributed by atoms with Gasteiger partial charge in [0.25, 0.3) is 0 Å². The summed E-state index contributed by atoms with van der Waals surface area (Å²) < 4.78 is 18.0. The Labute approximate surface area is 131 Å². The van der Waals surface area contributed by atoms with Crippen LogP contribution in [0.1, 0.15) is 45.4 Å². The molecule has 5 heteroatoms. The molecule has 1 saturated heterocycles. The molecule has 1 saturated carbocycles. The van der Waals surface area contributed by atoms with Crippen LogP contribution in [-0.4, -0.2) is 59.5 Å². The molecule has 2 aliphatic rings.